The van der Waals surface area contributed by atoms with E-state index in [-0.39, 0.29) is 35.1 Å². The van der Waals surface area contributed by atoms with Crippen LogP contribution in [0.5, 0.6) is 0 Å². The topological polar surface area (TPSA) is 130 Å². The Labute approximate surface area is 165 Å². The number of thioether (sulfide) groups is 1. The average Bonchev–Trinajstić information content (AvgIpc) is 2.86. The van der Waals surface area contributed by atoms with Crippen molar-refractivity contribution in [1.82, 2.24) is 5.32 Å². The van der Waals surface area contributed by atoms with Crippen LogP contribution in [0.1, 0.15) is 47.0 Å². The molecule has 0 aromatic carbocycles. The Kier molecular flexibility index (Phi) is 7.61. The van der Waals surface area contributed by atoms with Gasteiger partial charge in [0.1, 0.15) is 12.1 Å². The molecule has 7 nitrogen and oxygen atoms in total. The Morgan fingerprint density at radius 2 is 1.81 bits per heavy atom. The Hall–Kier alpha value is -0.380. The number of hydrogen-bond acceptors (Lipinski definition) is 7. The van der Waals surface area contributed by atoms with Crippen LogP contribution >= 0.6 is 11.8 Å². The smallest absolute Gasteiger partial charge is 0.320 e. The van der Waals surface area contributed by atoms with Gasteiger partial charge in [-0.1, -0.05) is 27.7 Å². The molecule has 8 atom stereocenters. The fourth-order valence-electron chi connectivity index (χ4n) is 4.66. The van der Waals surface area contributed by atoms with Crippen LogP contribution in [0, 0.1) is 17.3 Å². The number of aliphatic hydroxyl groups is 4. The molecule has 0 aromatic rings. The lowest BCUT2D eigenvalue weighted by atomic mass is 9.77. The molecular weight excluding hydrogens is 370 g/mol. The van der Waals surface area contributed by atoms with E-state index in [0.717, 1.165) is 6.42 Å². The van der Waals surface area contributed by atoms with Crippen molar-refractivity contribution in [2.75, 3.05) is 6.61 Å². The van der Waals surface area contributed by atoms with E-state index in [1.165, 1.54) is 11.8 Å². The van der Waals surface area contributed by atoms with Gasteiger partial charge in [0, 0.05) is 11.3 Å². The van der Waals surface area contributed by atoms with E-state index < -0.39 is 35.6 Å². The van der Waals surface area contributed by atoms with Gasteiger partial charge in [-0.05, 0) is 36.5 Å². The average molecular weight is 406 g/mol. The van der Waals surface area contributed by atoms with Crippen LogP contribution in [-0.4, -0.2) is 79.0 Å². The van der Waals surface area contributed by atoms with Gasteiger partial charge in [0.05, 0.1) is 24.1 Å². The Bertz CT molecular complexity index is 514. The number of carbonyl (C=O) groups is 1. The number of carboxylic acids is 1. The zero-order chi connectivity index (χ0) is 20.5. The molecule has 1 saturated heterocycles. The predicted octanol–water partition coefficient (Wildman–Crippen LogP) is 0.439. The molecule has 2 aliphatic rings. The maximum absolute atomic E-state index is 11.6. The first-order valence-corrected chi connectivity index (χ1v) is 10.7. The van der Waals surface area contributed by atoms with Crippen molar-refractivity contribution in [3.8, 4) is 0 Å². The highest BCUT2D eigenvalue weighted by Crippen LogP contribution is 2.51. The normalized spacial score (nSPS) is 40.3. The van der Waals surface area contributed by atoms with Gasteiger partial charge < -0.3 is 30.8 Å². The third-order valence-electron chi connectivity index (χ3n) is 6.08. The molecule has 27 heavy (non-hydrogen) atoms. The first kappa shape index (κ1) is 22.9. The van der Waals surface area contributed by atoms with Gasteiger partial charge in [0.25, 0.3) is 0 Å². The Morgan fingerprint density at radius 1 is 1.19 bits per heavy atom. The SMILES string of the molecule is CC(C)C[C@H](NC1CC([C@@H]2S[C@H](CO)[C@H](O)[C@H](O)[C@H]2O)C(C)(C)C1)C(=O)O. The largest absolute Gasteiger partial charge is 0.480 e. The van der Waals surface area contributed by atoms with Crippen LogP contribution in [0.15, 0.2) is 0 Å². The number of aliphatic hydroxyl groups excluding tert-OH is 4. The standard InChI is InChI=1S/C19H35NO6S/c1-9(2)5-12(18(25)26)20-10-6-11(19(3,4)7-10)17-16(24)15(23)14(22)13(8-21)27-17/h9-17,20-24H,5-8H2,1-4H3,(H,25,26)/t10?,11?,12-,13+,14-,15-,16+,17-/m0/s1. The molecule has 0 bridgehead atoms. The fourth-order valence-corrected chi connectivity index (χ4v) is 6.46. The molecule has 8 heteroatoms. The minimum Gasteiger partial charge on any atom is -0.480 e. The number of hydrogen-bond donors (Lipinski definition) is 6. The van der Waals surface area contributed by atoms with E-state index in [1.54, 1.807) is 0 Å². The first-order chi connectivity index (χ1) is 12.5. The lowest BCUT2D eigenvalue weighted by molar-refractivity contribution is -0.140. The second-order valence-corrected chi connectivity index (χ2v) is 10.6. The molecule has 1 heterocycles. The van der Waals surface area contributed by atoms with E-state index in [0.29, 0.717) is 12.8 Å². The molecule has 1 aliphatic carbocycles. The van der Waals surface area contributed by atoms with Gasteiger partial charge in [-0.25, -0.2) is 0 Å². The summed E-state index contributed by atoms with van der Waals surface area (Å²) in [7, 11) is 0. The number of nitrogens with one attached hydrogen (secondary N) is 1. The van der Waals surface area contributed by atoms with Gasteiger partial charge in [0.15, 0.2) is 0 Å². The Morgan fingerprint density at radius 3 is 2.33 bits per heavy atom. The Balaban J connectivity index is 2.12. The molecule has 1 saturated carbocycles. The quantitative estimate of drug-likeness (QED) is 0.360. The zero-order valence-electron chi connectivity index (χ0n) is 16.6. The third kappa shape index (κ3) is 5.16. The van der Waals surface area contributed by atoms with Gasteiger partial charge in [-0.2, -0.15) is 0 Å². The van der Waals surface area contributed by atoms with Crippen LogP contribution in [0.25, 0.3) is 0 Å². The molecule has 1 aliphatic heterocycles. The van der Waals surface area contributed by atoms with Crippen molar-refractivity contribution in [3.05, 3.63) is 0 Å². The zero-order valence-corrected chi connectivity index (χ0v) is 17.4. The van der Waals surface area contributed by atoms with Crippen LogP contribution in [0.2, 0.25) is 0 Å². The molecule has 6 N–H and O–H groups in total. The van der Waals surface area contributed by atoms with E-state index >= 15 is 0 Å². The molecule has 0 radical (unpaired) electrons. The maximum Gasteiger partial charge on any atom is 0.320 e. The summed E-state index contributed by atoms with van der Waals surface area (Å²) in [5.41, 5.74) is -0.167. The fraction of sp³-hybridized carbons (Fsp3) is 0.947. The van der Waals surface area contributed by atoms with Gasteiger partial charge >= 0.3 is 5.97 Å². The van der Waals surface area contributed by atoms with Crippen molar-refractivity contribution >= 4 is 17.7 Å². The van der Waals surface area contributed by atoms with Crippen molar-refractivity contribution in [2.45, 2.75) is 87.9 Å². The molecule has 2 fully saturated rings. The molecule has 158 valence electrons. The molecule has 0 aromatic heterocycles. The van der Waals surface area contributed by atoms with Crippen molar-refractivity contribution < 1.29 is 30.3 Å². The molecule has 0 spiro atoms. The van der Waals surface area contributed by atoms with Gasteiger partial charge in [0.2, 0.25) is 0 Å². The summed E-state index contributed by atoms with van der Waals surface area (Å²) in [5.74, 6) is -0.558. The number of aliphatic carboxylic acids is 1. The first-order valence-electron chi connectivity index (χ1n) is 9.77. The second kappa shape index (κ2) is 8.97. The van der Waals surface area contributed by atoms with Crippen LogP contribution in [0.4, 0.5) is 0 Å². The van der Waals surface area contributed by atoms with Gasteiger partial charge in [-0.15, -0.1) is 11.8 Å². The van der Waals surface area contributed by atoms with E-state index in [4.69, 9.17) is 0 Å². The summed E-state index contributed by atoms with van der Waals surface area (Å²) in [4.78, 5) is 11.6. The van der Waals surface area contributed by atoms with Crippen LogP contribution in [0.3, 0.4) is 0 Å². The van der Waals surface area contributed by atoms with E-state index in [2.05, 4.69) is 19.2 Å². The van der Waals surface area contributed by atoms with Gasteiger partial charge in [-0.3, -0.25) is 4.79 Å². The highest BCUT2D eigenvalue weighted by Gasteiger charge is 2.52. The van der Waals surface area contributed by atoms with Crippen molar-refractivity contribution in [1.29, 1.82) is 0 Å². The summed E-state index contributed by atoms with van der Waals surface area (Å²) in [6, 6.07) is -0.597. The maximum atomic E-state index is 11.6. The second-order valence-electron chi connectivity index (χ2n) is 9.21. The summed E-state index contributed by atoms with van der Waals surface area (Å²) in [6.45, 7) is 7.91. The molecular formula is C19H35NO6S. The highest BCUT2D eigenvalue weighted by atomic mass is 32.2. The predicted molar refractivity (Wildman–Crippen MR) is 105 cm³/mol. The van der Waals surface area contributed by atoms with Crippen molar-refractivity contribution in [2.24, 2.45) is 17.3 Å². The molecule has 2 unspecified atom stereocenters. The molecule has 2 rings (SSSR count). The highest BCUT2D eigenvalue weighted by molar-refractivity contribution is 8.00. The van der Waals surface area contributed by atoms with E-state index in [1.807, 2.05) is 13.8 Å². The summed E-state index contributed by atoms with van der Waals surface area (Å²) in [5, 5.41) is 52.3. The number of carboxylic acid groups (broad SMARTS) is 1. The van der Waals surface area contributed by atoms with Crippen molar-refractivity contribution in [3.63, 3.8) is 0 Å². The summed E-state index contributed by atoms with van der Waals surface area (Å²) in [6.07, 6.45) is -1.52. The lowest BCUT2D eigenvalue weighted by Gasteiger charge is -2.45. The lowest BCUT2D eigenvalue weighted by Crippen LogP contribution is -2.56. The minimum absolute atomic E-state index is 0.00854. The summed E-state index contributed by atoms with van der Waals surface area (Å²) >= 11 is 1.33. The number of rotatable bonds is 7. The molecule has 0 amide bonds. The van der Waals surface area contributed by atoms with Crippen LogP contribution < -0.4 is 5.32 Å². The third-order valence-corrected chi connectivity index (χ3v) is 7.78. The summed E-state index contributed by atoms with van der Waals surface area (Å²) < 4.78 is 0. The monoisotopic (exact) mass is 405 g/mol. The minimum atomic E-state index is -1.29. The van der Waals surface area contributed by atoms with Crippen LogP contribution in [-0.2, 0) is 4.79 Å². The van der Waals surface area contributed by atoms with E-state index in [9.17, 15) is 30.3 Å².